The second kappa shape index (κ2) is 13.5. The average molecular weight is 667 g/mol. The molecule has 0 bridgehead atoms. The Labute approximate surface area is 289 Å². The zero-order valence-electron chi connectivity index (χ0n) is 28.8. The Kier molecular flexibility index (Phi) is 9.35. The summed E-state index contributed by atoms with van der Waals surface area (Å²) in [6.07, 6.45) is 15.9. The van der Waals surface area contributed by atoms with E-state index in [-0.39, 0.29) is 23.1 Å². The average Bonchev–Trinajstić information content (AvgIpc) is 3.80. The molecule has 4 atom stereocenters. The molecule has 7 rings (SSSR count). The molecular formula is C40H50N4O3S. The van der Waals surface area contributed by atoms with Crippen LogP contribution in [0, 0.1) is 17.8 Å². The van der Waals surface area contributed by atoms with E-state index in [9.17, 15) is 15.0 Å². The number of carbonyl (C=O) groups excluding carboxylic acids is 1. The number of rotatable bonds is 7. The van der Waals surface area contributed by atoms with Gasteiger partial charge in [-0.3, -0.25) is 10.1 Å². The Morgan fingerprint density at radius 1 is 0.917 bits per heavy atom. The zero-order valence-corrected chi connectivity index (χ0v) is 29.6. The van der Waals surface area contributed by atoms with Gasteiger partial charge in [0.2, 0.25) is 5.91 Å². The van der Waals surface area contributed by atoms with E-state index in [1.807, 2.05) is 48.8 Å². The van der Waals surface area contributed by atoms with Gasteiger partial charge in [0.25, 0.3) is 0 Å². The molecule has 0 radical (unpaired) electrons. The maximum atomic E-state index is 13.8. The molecule has 3 aromatic rings. The standard InChI is InChI=1S/C40H50N4O3S/c1-24-7-9-25(10-8-24)26-11-13-27(14-12-26)30-22-41-37(42-23-30)29-17-15-28(16-18-29)34-35(39(47)44-21-5-6-31(44)36(34)45)43-38(46)32-19-20-33(48-32)40(2,3)4/h13,15-20,22-26,31,35,38,43,45-46H,5-12,14,21H2,1-4H3/t24?,25?,26?,31-,35-,38?/m0/s1. The van der Waals surface area contributed by atoms with Crippen LogP contribution in [0.4, 0.5) is 0 Å². The van der Waals surface area contributed by atoms with Crippen molar-refractivity contribution in [2.45, 2.75) is 109 Å². The number of hydrogen-bond acceptors (Lipinski definition) is 7. The van der Waals surface area contributed by atoms with Crippen molar-refractivity contribution in [3.8, 4) is 11.4 Å². The summed E-state index contributed by atoms with van der Waals surface area (Å²) in [6.45, 7) is 9.42. The van der Waals surface area contributed by atoms with Crippen molar-refractivity contribution in [2.75, 3.05) is 6.54 Å². The Balaban J connectivity index is 1.08. The highest BCUT2D eigenvalue weighted by molar-refractivity contribution is 7.12. The third-order valence-electron chi connectivity index (χ3n) is 11.3. The largest absolute Gasteiger partial charge is 0.510 e. The summed E-state index contributed by atoms with van der Waals surface area (Å²) >= 11 is 1.54. The van der Waals surface area contributed by atoms with Gasteiger partial charge in [-0.1, -0.05) is 70.9 Å². The number of aliphatic hydroxyl groups excluding tert-OH is 2. The minimum Gasteiger partial charge on any atom is -0.510 e. The van der Waals surface area contributed by atoms with E-state index in [4.69, 9.17) is 9.97 Å². The first kappa shape index (κ1) is 33.2. The maximum absolute atomic E-state index is 13.8. The molecule has 2 aliphatic carbocycles. The zero-order chi connectivity index (χ0) is 33.6. The summed E-state index contributed by atoms with van der Waals surface area (Å²) in [5, 5.41) is 26.0. The molecular weight excluding hydrogens is 617 g/mol. The molecule has 254 valence electrons. The summed E-state index contributed by atoms with van der Waals surface area (Å²) in [7, 11) is 0. The van der Waals surface area contributed by atoms with Gasteiger partial charge in [0, 0.05) is 45.4 Å². The minimum absolute atomic E-state index is 0.0365. The number of aromatic nitrogens is 2. The molecule has 1 saturated carbocycles. The van der Waals surface area contributed by atoms with E-state index in [1.54, 1.807) is 4.90 Å². The molecule has 1 saturated heterocycles. The predicted molar refractivity (Wildman–Crippen MR) is 193 cm³/mol. The van der Waals surface area contributed by atoms with Crippen LogP contribution in [0.25, 0.3) is 22.5 Å². The van der Waals surface area contributed by atoms with Gasteiger partial charge in [0.05, 0.1) is 6.04 Å². The van der Waals surface area contributed by atoms with Gasteiger partial charge in [-0.05, 0) is 91.4 Å². The third kappa shape index (κ3) is 6.64. The third-order valence-corrected chi connectivity index (χ3v) is 12.8. The number of nitrogens with zero attached hydrogens (tertiary/aromatic N) is 3. The fourth-order valence-electron chi connectivity index (χ4n) is 8.29. The fraction of sp³-hybridized carbons (Fsp3) is 0.525. The number of aliphatic hydroxyl groups is 2. The molecule has 4 aliphatic rings. The van der Waals surface area contributed by atoms with Gasteiger partial charge in [-0.15, -0.1) is 11.3 Å². The van der Waals surface area contributed by atoms with E-state index in [0.29, 0.717) is 17.9 Å². The lowest BCUT2D eigenvalue weighted by Gasteiger charge is -2.37. The van der Waals surface area contributed by atoms with Gasteiger partial charge < -0.3 is 15.1 Å². The van der Waals surface area contributed by atoms with E-state index in [2.05, 4.69) is 39.1 Å². The summed E-state index contributed by atoms with van der Waals surface area (Å²) in [4.78, 5) is 27.0. The first-order valence-corrected chi connectivity index (χ1v) is 18.8. The first-order valence-electron chi connectivity index (χ1n) is 18.0. The van der Waals surface area contributed by atoms with Crippen LogP contribution in [-0.4, -0.2) is 49.6 Å². The smallest absolute Gasteiger partial charge is 0.245 e. The van der Waals surface area contributed by atoms with E-state index >= 15 is 0 Å². The van der Waals surface area contributed by atoms with Gasteiger partial charge in [0.15, 0.2) is 5.82 Å². The van der Waals surface area contributed by atoms with Crippen LogP contribution in [0.2, 0.25) is 0 Å². The first-order chi connectivity index (χ1) is 23.1. The molecule has 4 heterocycles. The van der Waals surface area contributed by atoms with Gasteiger partial charge >= 0.3 is 0 Å². The Bertz CT molecular complexity index is 1680. The summed E-state index contributed by atoms with van der Waals surface area (Å²) in [5.41, 5.74) is 4.58. The number of amides is 1. The quantitative estimate of drug-likeness (QED) is 0.219. The van der Waals surface area contributed by atoms with Crippen LogP contribution in [0.3, 0.4) is 0 Å². The molecule has 2 unspecified atom stereocenters. The van der Waals surface area contributed by atoms with Gasteiger partial charge in [0.1, 0.15) is 18.0 Å². The van der Waals surface area contributed by atoms with Crippen molar-refractivity contribution in [1.29, 1.82) is 0 Å². The molecule has 2 aromatic heterocycles. The van der Waals surface area contributed by atoms with E-state index in [0.717, 1.165) is 63.5 Å². The molecule has 1 aromatic carbocycles. The molecule has 48 heavy (non-hydrogen) atoms. The van der Waals surface area contributed by atoms with Crippen molar-refractivity contribution in [3.05, 3.63) is 81.5 Å². The van der Waals surface area contributed by atoms with Crippen LogP contribution in [0.15, 0.2) is 60.6 Å². The second-order valence-electron chi connectivity index (χ2n) is 15.6. The highest BCUT2D eigenvalue weighted by atomic mass is 32.1. The lowest BCUT2D eigenvalue weighted by atomic mass is 9.71. The summed E-state index contributed by atoms with van der Waals surface area (Å²) < 4.78 is 0. The highest BCUT2D eigenvalue weighted by Crippen LogP contribution is 2.42. The lowest BCUT2D eigenvalue weighted by Crippen LogP contribution is -2.54. The molecule has 3 N–H and O–H groups in total. The number of fused-ring (bicyclic) bond motifs is 1. The van der Waals surface area contributed by atoms with Gasteiger partial charge in [-0.2, -0.15) is 0 Å². The monoisotopic (exact) mass is 666 g/mol. The Hall–Kier alpha value is -3.33. The minimum atomic E-state index is -1.05. The lowest BCUT2D eigenvalue weighted by molar-refractivity contribution is -0.134. The SMILES string of the molecule is CC1CCC(C2CC=C(c3cnc(-c4ccc(C5=C(O)[C@@H]6CCCN6C(=O)[C@H]5NC(O)c5ccc(C(C)(C)C)s5)cc4)nc3)CC2)CC1. The van der Waals surface area contributed by atoms with Crippen molar-refractivity contribution >= 4 is 28.4 Å². The van der Waals surface area contributed by atoms with Crippen molar-refractivity contribution in [3.63, 3.8) is 0 Å². The van der Waals surface area contributed by atoms with Gasteiger partial charge in [-0.25, -0.2) is 9.97 Å². The Morgan fingerprint density at radius 2 is 1.62 bits per heavy atom. The fourth-order valence-corrected chi connectivity index (χ4v) is 9.30. The number of benzene rings is 1. The normalized spacial score (nSPS) is 27.2. The number of carbonyl (C=O) groups is 1. The van der Waals surface area contributed by atoms with Crippen molar-refractivity contribution in [2.24, 2.45) is 17.8 Å². The molecule has 1 amide bonds. The maximum Gasteiger partial charge on any atom is 0.245 e. The molecule has 2 aliphatic heterocycles. The number of hydrogen-bond donors (Lipinski definition) is 3. The Morgan fingerprint density at radius 3 is 2.27 bits per heavy atom. The number of thiophene rings is 1. The van der Waals surface area contributed by atoms with Crippen LogP contribution >= 0.6 is 11.3 Å². The van der Waals surface area contributed by atoms with Crippen molar-refractivity contribution in [1.82, 2.24) is 20.2 Å². The van der Waals surface area contributed by atoms with Crippen LogP contribution in [0.1, 0.15) is 113 Å². The highest BCUT2D eigenvalue weighted by Gasteiger charge is 2.45. The summed E-state index contributed by atoms with van der Waals surface area (Å²) in [5.74, 6) is 3.34. The predicted octanol–water partition coefficient (Wildman–Crippen LogP) is 8.44. The molecule has 8 heteroatoms. The summed E-state index contributed by atoms with van der Waals surface area (Å²) in [6, 6.07) is 10.5. The topological polar surface area (TPSA) is 98.6 Å². The van der Waals surface area contributed by atoms with Crippen molar-refractivity contribution < 1.29 is 15.0 Å². The molecule has 0 spiro atoms. The van der Waals surface area contributed by atoms with Crippen LogP contribution in [0.5, 0.6) is 0 Å². The molecule has 2 fully saturated rings. The number of nitrogens with one attached hydrogen (secondary N) is 1. The second-order valence-corrected chi connectivity index (χ2v) is 16.7. The van der Waals surface area contributed by atoms with E-state index < -0.39 is 12.3 Å². The van der Waals surface area contributed by atoms with E-state index in [1.165, 1.54) is 55.4 Å². The van der Waals surface area contributed by atoms with Crippen LogP contribution in [-0.2, 0) is 10.2 Å². The van der Waals surface area contributed by atoms with Crippen LogP contribution < -0.4 is 5.32 Å². The number of allylic oxidation sites excluding steroid dienone is 2. The molecule has 7 nitrogen and oxygen atoms in total.